The van der Waals surface area contributed by atoms with Crippen LogP contribution in [0.15, 0.2) is 36.5 Å². The molecule has 0 spiro atoms. The third kappa shape index (κ3) is 2.50. The highest BCUT2D eigenvalue weighted by Gasteiger charge is 2.56. The monoisotopic (exact) mass is 349 g/mol. The molecule has 3 saturated carbocycles. The van der Waals surface area contributed by atoms with Gasteiger partial charge in [0, 0.05) is 25.2 Å². The summed E-state index contributed by atoms with van der Waals surface area (Å²) in [6.07, 6.45) is 5.59. The van der Waals surface area contributed by atoms with Crippen molar-refractivity contribution in [3.05, 3.63) is 42.1 Å². The van der Waals surface area contributed by atoms with E-state index in [9.17, 15) is 0 Å². The van der Waals surface area contributed by atoms with E-state index in [1.54, 1.807) is 4.68 Å². The van der Waals surface area contributed by atoms with Crippen LogP contribution in [0.4, 0.5) is 11.8 Å². The molecule has 7 nitrogen and oxygen atoms in total. The highest BCUT2D eigenvalue weighted by atomic mass is 15.3. The zero-order chi connectivity index (χ0) is 17.7. The first kappa shape index (κ1) is 15.6. The third-order valence-electron chi connectivity index (χ3n) is 5.72. The molecule has 2 bridgehead atoms. The van der Waals surface area contributed by atoms with Crippen LogP contribution in [-0.4, -0.2) is 31.8 Å². The van der Waals surface area contributed by atoms with Gasteiger partial charge >= 0.3 is 0 Å². The predicted octanol–water partition coefficient (Wildman–Crippen LogP) is 2.44. The molecule has 134 valence electrons. The van der Waals surface area contributed by atoms with Crippen molar-refractivity contribution in [2.45, 2.75) is 30.8 Å². The molecule has 2 heterocycles. The lowest BCUT2D eigenvalue weighted by molar-refractivity contribution is 0.00194. The van der Waals surface area contributed by atoms with E-state index in [4.69, 9.17) is 10.7 Å². The van der Waals surface area contributed by atoms with E-state index in [-0.39, 0.29) is 11.6 Å². The smallest absolute Gasteiger partial charge is 0.226 e. The van der Waals surface area contributed by atoms with Gasteiger partial charge in [-0.15, -0.1) is 0 Å². The number of rotatable bonds is 6. The first-order chi connectivity index (χ1) is 12.6. The highest BCUT2D eigenvalue weighted by molar-refractivity contribution is 5.88. The number of nitrogens with one attached hydrogen (secondary N) is 2. The lowest BCUT2D eigenvalue weighted by Crippen LogP contribution is -2.63. The molecule has 0 aliphatic heterocycles. The van der Waals surface area contributed by atoms with Gasteiger partial charge in [0.2, 0.25) is 5.95 Å². The summed E-state index contributed by atoms with van der Waals surface area (Å²) < 4.78 is 1.78. The van der Waals surface area contributed by atoms with Gasteiger partial charge < -0.3 is 16.4 Å². The Labute approximate surface area is 152 Å². The second kappa shape index (κ2) is 5.67. The summed E-state index contributed by atoms with van der Waals surface area (Å²) in [7, 11) is 1.90. The van der Waals surface area contributed by atoms with Crippen molar-refractivity contribution < 1.29 is 0 Å². The lowest BCUT2D eigenvalue weighted by atomic mass is 9.50. The fourth-order valence-electron chi connectivity index (χ4n) is 4.10. The molecule has 3 aliphatic carbocycles. The molecule has 1 atom stereocenters. The number of aromatic nitrogens is 4. The molecule has 3 fully saturated rings. The van der Waals surface area contributed by atoms with Crippen molar-refractivity contribution in [3.8, 4) is 0 Å². The molecule has 1 aromatic carbocycles. The Morgan fingerprint density at radius 1 is 1.23 bits per heavy atom. The number of hydrogen-bond donors (Lipinski definition) is 3. The average molecular weight is 349 g/mol. The van der Waals surface area contributed by atoms with Gasteiger partial charge in [-0.1, -0.05) is 30.3 Å². The molecule has 2 aromatic heterocycles. The van der Waals surface area contributed by atoms with Crippen LogP contribution < -0.4 is 16.4 Å². The zero-order valence-corrected chi connectivity index (χ0v) is 14.8. The quantitative estimate of drug-likeness (QED) is 0.633. The maximum Gasteiger partial charge on any atom is 0.226 e. The Hall–Kier alpha value is -2.67. The maximum atomic E-state index is 6.29. The van der Waals surface area contributed by atoms with Gasteiger partial charge in [0.15, 0.2) is 5.65 Å². The number of benzene rings is 1. The van der Waals surface area contributed by atoms with Crippen LogP contribution in [0.1, 0.15) is 30.9 Å². The van der Waals surface area contributed by atoms with Crippen LogP contribution in [0.2, 0.25) is 0 Å². The van der Waals surface area contributed by atoms with Crippen LogP contribution in [0, 0.1) is 5.92 Å². The summed E-state index contributed by atoms with van der Waals surface area (Å²) in [5.41, 5.74) is 8.46. The molecule has 26 heavy (non-hydrogen) atoms. The van der Waals surface area contributed by atoms with Crippen LogP contribution in [0.3, 0.4) is 0 Å². The summed E-state index contributed by atoms with van der Waals surface area (Å²) in [4.78, 5) is 9.36. The number of anilines is 2. The first-order valence-corrected chi connectivity index (χ1v) is 9.14. The van der Waals surface area contributed by atoms with Crippen molar-refractivity contribution in [2.24, 2.45) is 18.7 Å². The first-order valence-electron chi connectivity index (χ1n) is 9.14. The van der Waals surface area contributed by atoms with Gasteiger partial charge in [-0.05, 0) is 30.7 Å². The number of nitrogens with two attached hydrogens (primary N) is 1. The third-order valence-corrected chi connectivity index (χ3v) is 5.72. The molecule has 0 radical (unpaired) electrons. The Kier molecular flexibility index (Phi) is 3.40. The van der Waals surface area contributed by atoms with E-state index >= 15 is 0 Å². The van der Waals surface area contributed by atoms with Crippen LogP contribution in [0.5, 0.6) is 0 Å². The largest absolute Gasteiger partial charge is 0.364 e. The molecule has 6 rings (SSSR count). The minimum absolute atomic E-state index is 0.115. The SMILES string of the molecule is Cn1ncc2c(NC34CC(C3)C4)nc(NCC(N)c3ccccc3)nc21. The van der Waals surface area contributed by atoms with Gasteiger partial charge in [0.1, 0.15) is 5.82 Å². The summed E-state index contributed by atoms with van der Waals surface area (Å²) in [5, 5.41) is 12.3. The molecular formula is C19H23N7. The molecule has 7 heteroatoms. The van der Waals surface area contributed by atoms with Crippen LogP contribution in [0.25, 0.3) is 11.0 Å². The maximum absolute atomic E-state index is 6.29. The average Bonchev–Trinajstić information content (AvgIpc) is 2.97. The van der Waals surface area contributed by atoms with Gasteiger partial charge in [-0.3, -0.25) is 4.68 Å². The van der Waals surface area contributed by atoms with Crippen molar-refractivity contribution >= 4 is 22.8 Å². The number of aryl methyl sites for hydroxylation is 1. The van der Waals surface area contributed by atoms with E-state index < -0.39 is 0 Å². The lowest BCUT2D eigenvalue weighted by Gasteiger charge is -2.62. The van der Waals surface area contributed by atoms with Crippen LogP contribution in [-0.2, 0) is 7.05 Å². The minimum Gasteiger partial charge on any atom is -0.364 e. The van der Waals surface area contributed by atoms with E-state index in [2.05, 4.69) is 20.7 Å². The molecule has 3 aromatic rings. The normalized spacial score (nSPS) is 24.6. The Morgan fingerprint density at radius 3 is 2.69 bits per heavy atom. The Morgan fingerprint density at radius 2 is 2.00 bits per heavy atom. The topological polar surface area (TPSA) is 93.7 Å². The van der Waals surface area contributed by atoms with Crippen molar-refractivity contribution in [1.29, 1.82) is 0 Å². The fraction of sp³-hybridized carbons (Fsp3) is 0.421. The number of nitrogens with zero attached hydrogens (tertiary/aromatic N) is 4. The molecule has 0 saturated heterocycles. The second-order valence-corrected chi connectivity index (χ2v) is 7.68. The van der Waals surface area contributed by atoms with Crippen molar-refractivity contribution in [3.63, 3.8) is 0 Å². The van der Waals surface area contributed by atoms with Gasteiger partial charge in [0.25, 0.3) is 0 Å². The number of fused-ring (bicyclic) bond motifs is 1. The van der Waals surface area contributed by atoms with E-state index in [0.29, 0.717) is 12.5 Å². The Bertz CT molecular complexity index is 932. The van der Waals surface area contributed by atoms with E-state index in [0.717, 1.165) is 28.3 Å². The molecule has 3 aliphatic rings. The summed E-state index contributed by atoms with van der Waals surface area (Å²) in [6.45, 7) is 0.569. The highest BCUT2D eigenvalue weighted by Crippen LogP contribution is 2.58. The second-order valence-electron chi connectivity index (χ2n) is 7.68. The Balaban J connectivity index is 1.39. The molecular weight excluding hydrogens is 326 g/mol. The molecule has 4 N–H and O–H groups in total. The predicted molar refractivity (Wildman–Crippen MR) is 102 cm³/mol. The van der Waals surface area contributed by atoms with Gasteiger partial charge in [-0.2, -0.15) is 15.1 Å². The number of hydrogen-bond acceptors (Lipinski definition) is 6. The van der Waals surface area contributed by atoms with Crippen molar-refractivity contribution in [2.75, 3.05) is 17.2 Å². The van der Waals surface area contributed by atoms with E-state index in [1.165, 1.54) is 19.3 Å². The summed E-state index contributed by atoms with van der Waals surface area (Å²) >= 11 is 0. The van der Waals surface area contributed by atoms with Crippen LogP contribution >= 0.6 is 0 Å². The van der Waals surface area contributed by atoms with Gasteiger partial charge in [-0.25, -0.2) is 0 Å². The van der Waals surface area contributed by atoms with E-state index in [1.807, 2.05) is 43.6 Å². The summed E-state index contributed by atoms with van der Waals surface area (Å²) in [5.74, 6) is 2.37. The van der Waals surface area contributed by atoms with Gasteiger partial charge in [0.05, 0.1) is 11.6 Å². The fourth-order valence-corrected chi connectivity index (χ4v) is 4.10. The minimum atomic E-state index is -0.115. The standard InChI is InChI=1S/C19H23N7/c1-26-17-14(10-22-26)16(25-19-7-12(8-19)9-19)23-18(24-17)21-11-15(20)13-5-3-2-4-6-13/h2-6,10,12,15H,7-9,11,20H2,1H3,(H2,21,23,24,25). The summed E-state index contributed by atoms with van der Waals surface area (Å²) in [6, 6.07) is 9.95. The molecule has 0 amide bonds. The van der Waals surface area contributed by atoms with Crippen molar-refractivity contribution in [1.82, 2.24) is 19.7 Å². The molecule has 1 unspecified atom stereocenters. The zero-order valence-electron chi connectivity index (χ0n) is 14.8.